The summed E-state index contributed by atoms with van der Waals surface area (Å²) >= 11 is 0. The SMILES string of the molecule is O=C1NCCn2c1cc1cc(F)cc(-c3ccc(F)c(F)c3)c12. The average Bonchev–Trinajstić information content (AvgIpc) is 2.89. The Kier molecular flexibility index (Phi) is 2.94. The molecule has 0 saturated heterocycles. The molecule has 1 aliphatic heterocycles. The molecule has 1 amide bonds. The number of hydrogen-bond acceptors (Lipinski definition) is 1. The van der Waals surface area contributed by atoms with Crippen molar-refractivity contribution in [3.05, 3.63) is 59.5 Å². The van der Waals surface area contributed by atoms with Crippen LogP contribution in [0.1, 0.15) is 10.5 Å². The molecular weight excluding hydrogens is 305 g/mol. The van der Waals surface area contributed by atoms with Gasteiger partial charge < -0.3 is 9.88 Å². The van der Waals surface area contributed by atoms with Gasteiger partial charge in [0.25, 0.3) is 5.91 Å². The van der Waals surface area contributed by atoms with E-state index in [0.29, 0.717) is 40.8 Å². The Hall–Kier alpha value is -2.76. The normalized spacial score (nSPS) is 14.0. The number of nitrogens with zero attached hydrogens (tertiary/aromatic N) is 1. The molecule has 0 radical (unpaired) electrons. The number of hydrogen-bond donors (Lipinski definition) is 1. The van der Waals surface area contributed by atoms with Crippen LogP contribution in [0.25, 0.3) is 22.0 Å². The molecule has 6 heteroatoms. The van der Waals surface area contributed by atoms with Crippen molar-refractivity contribution < 1.29 is 18.0 Å². The van der Waals surface area contributed by atoms with Crippen LogP contribution in [0.15, 0.2) is 36.4 Å². The quantitative estimate of drug-likeness (QED) is 0.733. The van der Waals surface area contributed by atoms with E-state index < -0.39 is 17.5 Å². The summed E-state index contributed by atoms with van der Waals surface area (Å²) in [7, 11) is 0. The molecule has 0 bridgehead atoms. The molecule has 116 valence electrons. The van der Waals surface area contributed by atoms with Crippen molar-refractivity contribution in [1.82, 2.24) is 9.88 Å². The van der Waals surface area contributed by atoms with E-state index in [4.69, 9.17) is 0 Å². The minimum atomic E-state index is -0.997. The van der Waals surface area contributed by atoms with E-state index in [1.54, 1.807) is 10.6 Å². The summed E-state index contributed by atoms with van der Waals surface area (Å²) in [5.41, 5.74) is 1.86. The summed E-state index contributed by atoms with van der Waals surface area (Å²) in [6.07, 6.45) is 0. The van der Waals surface area contributed by atoms with Crippen molar-refractivity contribution in [3.8, 4) is 11.1 Å². The first-order valence-corrected chi connectivity index (χ1v) is 7.11. The van der Waals surface area contributed by atoms with Gasteiger partial charge in [0.15, 0.2) is 11.6 Å². The van der Waals surface area contributed by atoms with Gasteiger partial charge in [-0.05, 0) is 35.9 Å². The Bertz CT molecular complexity index is 962. The number of fused-ring (bicyclic) bond motifs is 3. The summed E-state index contributed by atoms with van der Waals surface area (Å²) in [6.45, 7) is 0.997. The van der Waals surface area contributed by atoms with Crippen LogP contribution in [-0.2, 0) is 6.54 Å². The number of amides is 1. The van der Waals surface area contributed by atoms with E-state index in [9.17, 15) is 18.0 Å². The van der Waals surface area contributed by atoms with Gasteiger partial charge in [-0.3, -0.25) is 4.79 Å². The largest absolute Gasteiger partial charge is 0.349 e. The molecule has 23 heavy (non-hydrogen) atoms. The fraction of sp³-hybridized carbons (Fsp3) is 0.118. The van der Waals surface area contributed by atoms with Gasteiger partial charge in [-0.25, -0.2) is 13.2 Å². The smallest absolute Gasteiger partial charge is 0.268 e. The van der Waals surface area contributed by atoms with Crippen molar-refractivity contribution in [2.24, 2.45) is 0 Å². The molecule has 0 atom stereocenters. The number of rotatable bonds is 1. The Morgan fingerprint density at radius 1 is 1.00 bits per heavy atom. The molecule has 0 aliphatic carbocycles. The van der Waals surface area contributed by atoms with E-state index in [1.165, 1.54) is 18.2 Å². The Labute approximate surface area is 129 Å². The molecule has 0 saturated carbocycles. The first-order valence-electron chi connectivity index (χ1n) is 7.11. The van der Waals surface area contributed by atoms with Gasteiger partial charge in [0, 0.05) is 24.0 Å². The molecule has 0 spiro atoms. The molecule has 4 rings (SSSR count). The fourth-order valence-corrected chi connectivity index (χ4v) is 3.05. The van der Waals surface area contributed by atoms with Crippen molar-refractivity contribution >= 4 is 16.8 Å². The number of halogens is 3. The molecule has 0 fully saturated rings. The first-order chi connectivity index (χ1) is 11.0. The second kappa shape index (κ2) is 4.87. The highest BCUT2D eigenvalue weighted by Crippen LogP contribution is 2.33. The monoisotopic (exact) mass is 316 g/mol. The third-order valence-electron chi connectivity index (χ3n) is 4.04. The van der Waals surface area contributed by atoms with Crippen LogP contribution >= 0.6 is 0 Å². The zero-order chi connectivity index (χ0) is 16.1. The predicted molar refractivity (Wildman–Crippen MR) is 79.6 cm³/mol. The molecule has 1 N–H and O–H groups in total. The minimum absolute atomic E-state index is 0.232. The van der Waals surface area contributed by atoms with Gasteiger partial charge in [-0.15, -0.1) is 0 Å². The van der Waals surface area contributed by atoms with E-state index >= 15 is 0 Å². The predicted octanol–water partition coefficient (Wildman–Crippen LogP) is 3.47. The molecule has 3 nitrogen and oxygen atoms in total. The minimum Gasteiger partial charge on any atom is -0.349 e. The lowest BCUT2D eigenvalue weighted by Crippen LogP contribution is -2.34. The number of carbonyl (C=O) groups is 1. The van der Waals surface area contributed by atoms with Gasteiger partial charge in [0.1, 0.15) is 11.5 Å². The van der Waals surface area contributed by atoms with Gasteiger partial charge in [-0.2, -0.15) is 0 Å². The van der Waals surface area contributed by atoms with Crippen LogP contribution < -0.4 is 5.32 Å². The van der Waals surface area contributed by atoms with Crippen LogP contribution in [-0.4, -0.2) is 17.0 Å². The molecule has 3 aromatic rings. The summed E-state index contributed by atoms with van der Waals surface area (Å²) in [5.74, 6) is -2.69. The highest BCUT2D eigenvalue weighted by Gasteiger charge is 2.22. The highest BCUT2D eigenvalue weighted by atomic mass is 19.2. The van der Waals surface area contributed by atoms with Crippen LogP contribution in [0.2, 0.25) is 0 Å². The van der Waals surface area contributed by atoms with Crippen LogP contribution in [0.4, 0.5) is 13.2 Å². The average molecular weight is 316 g/mol. The number of aromatic nitrogens is 1. The lowest BCUT2D eigenvalue weighted by molar-refractivity contribution is 0.0929. The van der Waals surface area contributed by atoms with Crippen LogP contribution in [0, 0.1) is 17.5 Å². The Morgan fingerprint density at radius 3 is 2.61 bits per heavy atom. The van der Waals surface area contributed by atoms with Gasteiger partial charge >= 0.3 is 0 Å². The van der Waals surface area contributed by atoms with E-state index in [0.717, 1.165) is 12.1 Å². The first kappa shape index (κ1) is 13.9. The molecule has 2 aromatic carbocycles. The van der Waals surface area contributed by atoms with E-state index in [1.807, 2.05) is 0 Å². The van der Waals surface area contributed by atoms with Crippen LogP contribution in [0.3, 0.4) is 0 Å². The topological polar surface area (TPSA) is 34.0 Å². The Balaban J connectivity index is 2.05. The van der Waals surface area contributed by atoms with Crippen molar-refractivity contribution in [1.29, 1.82) is 0 Å². The lowest BCUT2D eigenvalue weighted by atomic mass is 10.0. The highest BCUT2D eigenvalue weighted by molar-refractivity contribution is 6.03. The van der Waals surface area contributed by atoms with Gasteiger partial charge in [0.2, 0.25) is 0 Å². The van der Waals surface area contributed by atoms with Crippen LogP contribution in [0.5, 0.6) is 0 Å². The molecular formula is C17H11F3N2O. The zero-order valence-electron chi connectivity index (χ0n) is 11.9. The van der Waals surface area contributed by atoms with E-state index in [2.05, 4.69) is 5.32 Å². The number of carbonyl (C=O) groups excluding carboxylic acids is 1. The third-order valence-corrected chi connectivity index (χ3v) is 4.04. The third kappa shape index (κ3) is 2.10. The maximum absolute atomic E-state index is 13.9. The maximum Gasteiger partial charge on any atom is 0.268 e. The second-order valence-corrected chi connectivity index (χ2v) is 5.46. The fourth-order valence-electron chi connectivity index (χ4n) is 3.05. The number of nitrogens with one attached hydrogen (secondary N) is 1. The van der Waals surface area contributed by atoms with Gasteiger partial charge in [0.05, 0.1) is 5.52 Å². The molecule has 2 heterocycles. The van der Waals surface area contributed by atoms with Crippen molar-refractivity contribution in [2.45, 2.75) is 6.54 Å². The second-order valence-electron chi connectivity index (χ2n) is 5.46. The zero-order valence-corrected chi connectivity index (χ0v) is 11.9. The lowest BCUT2D eigenvalue weighted by Gasteiger charge is -2.18. The number of benzene rings is 2. The van der Waals surface area contributed by atoms with Crippen molar-refractivity contribution in [2.75, 3.05) is 6.54 Å². The Morgan fingerprint density at radius 2 is 1.83 bits per heavy atom. The summed E-state index contributed by atoms with van der Waals surface area (Å²) < 4.78 is 42.4. The summed E-state index contributed by atoms with van der Waals surface area (Å²) in [4.78, 5) is 12.0. The maximum atomic E-state index is 13.9. The summed E-state index contributed by atoms with van der Waals surface area (Å²) in [6, 6.07) is 7.65. The van der Waals surface area contributed by atoms with Gasteiger partial charge in [-0.1, -0.05) is 6.07 Å². The molecule has 0 unspecified atom stereocenters. The summed E-state index contributed by atoms with van der Waals surface area (Å²) in [5, 5.41) is 3.28. The van der Waals surface area contributed by atoms with E-state index in [-0.39, 0.29) is 5.91 Å². The molecule has 1 aromatic heterocycles. The molecule has 1 aliphatic rings. The standard InChI is InChI=1S/C17H11F3N2O/c18-11-5-10-7-15-17(23)21-3-4-22(15)16(10)12(8-11)9-1-2-13(19)14(20)6-9/h1-2,5-8H,3-4H2,(H,21,23). The van der Waals surface area contributed by atoms with Crippen molar-refractivity contribution in [3.63, 3.8) is 0 Å².